The molecule has 6 unspecified atom stereocenters. The van der Waals surface area contributed by atoms with Gasteiger partial charge in [-0.05, 0) is 219 Å². The average Bonchev–Trinajstić information content (AvgIpc) is 0.886. The number of hydrogen-bond acceptors (Lipinski definition) is 17. The molecule has 0 aromatic rings. The highest BCUT2D eigenvalue weighted by Gasteiger charge is 2.28. The van der Waals surface area contributed by atoms with Gasteiger partial charge in [0.1, 0.15) is 36.3 Å². The zero-order chi connectivity index (χ0) is 90.5. The van der Waals surface area contributed by atoms with E-state index in [-0.39, 0.29) is 65.0 Å². The summed E-state index contributed by atoms with van der Waals surface area (Å²) in [5.74, 6) is -1.68. The van der Waals surface area contributed by atoms with Crippen LogP contribution in [0.2, 0.25) is 0 Å². The minimum atomic E-state index is -0.776. The Morgan fingerprint density at radius 1 is 0.161 bits per heavy atom. The number of nitrogens with two attached hydrogens (primary N) is 6. The Morgan fingerprint density at radius 3 is 0.444 bits per heavy atom. The molecule has 1 aliphatic rings. The van der Waals surface area contributed by atoms with Gasteiger partial charge in [-0.25, -0.2) is 0 Å². The lowest BCUT2D eigenvalue weighted by Crippen LogP contribution is -2.53. The third-order valence-electron chi connectivity index (χ3n) is 24.0. The highest BCUT2D eigenvalue weighted by Crippen LogP contribution is 2.19. The van der Waals surface area contributed by atoms with Crippen LogP contribution in [0.4, 0.5) is 0 Å². The molecule has 1 rings (SSSR count). The Hall–Kier alpha value is -6.07. The Balaban J connectivity index is 2.82. The Labute approximate surface area is 751 Å². The predicted molar refractivity (Wildman–Crippen MR) is 505 cm³/mol. The number of unbranched alkanes of at least 4 members (excludes halogenated alkanes) is 6. The number of nitrogens with one attached hydrogen (secondary N) is 11. The molecule has 0 bridgehead atoms. The standard InChI is InChI=1S/C96H187N17O11/c97-69-47-41-58-80-91(119)103-75-53-31-21-11-1-6-16-26-36-64-86(114)108-81(59-42-48-70-98)92(120)104-76-54-32-22-12-3-8-18-28-38-66-88(116)110-83(61-44-50-72-100)94(122)106-78-56-34-24-14-5-10-20-30-40-68-90(118)112-85(63-46-52-74-102)96(124)113-84(62-45-51-73-101)95(123)107-79-57-35-25-15-4-9-19-29-39-67-89(117)111-82(60-43-49-71-99)93(121)105-77-55-33-23-13-2-7-17-27-37-65-87(115)109-80/h80-85H,1-79,97-102H2,(H,103,119)(H,104,120)(H,105,121)(H,106,122)(H,107,123)(H,108,114)(H,109,115)(H,110,116)(H,111,117)(H,112,118)(H,113,124). The van der Waals surface area contributed by atoms with Gasteiger partial charge < -0.3 is 92.9 Å². The molecule has 6 atom stereocenters. The summed E-state index contributed by atoms with van der Waals surface area (Å²) in [7, 11) is 0. The minimum absolute atomic E-state index is 0.0872. The van der Waals surface area contributed by atoms with Crippen molar-refractivity contribution >= 4 is 65.0 Å². The Kier molecular flexibility index (Phi) is 80.7. The third-order valence-corrected chi connectivity index (χ3v) is 24.0. The third kappa shape index (κ3) is 70.9. The van der Waals surface area contributed by atoms with Gasteiger partial charge in [0.2, 0.25) is 65.0 Å². The maximum absolute atomic E-state index is 13.8. The second kappa shape index (κ2) is 86.3. The maximum Gasteiger partial charge on any atom is 0.243 e. The SMILES string of the molecule is NCCCCC1NC(=O)CCCCCCCCCCCNC(=O)C(CCCCN)NC(=O)CCCCCCCCCCCNC(=O)C(CCCCN)NC(=O)CCCCCCCCCCCNC(=O)C(CCCCN)NC(=O)C(CCCCN)NC(=O)CCCCCCCCCCCNC(=O)C(CCCCN)NC(=O)CCCCCCCCCCCNC1=O. The fourth-order valence-electron chi connectivity index (χ4n) is 16.1. The predicted octanol–water partition coefficient (Wildman–Crippen LogP) is 12.8. The topological polar surface area (TPSA) is 476 Å². The Morgan fingerprint density at radius 2 is 0.290 bits per heavy atom. The fourth-order valence-corrected chi connectivity index (χ4v) is 16.1. The lowest BCUT2D eigenvalue weighted by molar-refractivity contribution is -0.132. The van der Waals surface area contributed by atoms with E-state index in [9.17, 15) is 52.7 Å². The molecule has 23 N–H and O–H groups in total. The van der Waals surface area contributed by atoms with Crippen molar-refractivity contribution in [3.8, 4) is 0 Å². The van der Waals surface area contributed by atoms with Crippen LogP contribution in [0.3, 0.4) is 0 Å². The summed E-state index contributed by atoms with van der Waals surface area (Å²) in [6, 6.07) is -3.81. The van der Waals surface area contributed by atoms with E-state index in [1.54, 1.807) is 0 Å². The van der Waals surface area contributed by atoms with Gasteiger partial charge in [-0.2, -0.15) is 0 Å². The van der Waals surface area contributed by atoms with Gasteiger partial charge in [0.15, 0.2) is 0 Å². The zero-order valence-electron chi connectivity index (χ0n) is 78.3. The molecule has 1 saturated heterocycles. The van der Waals surface area contributed by atoms with E-state index in [4.69, 9.17) is 34.4 Å². The summed E-state index contributed by atoms with van der Waals surface area (Å²) in [5, 5.41) is 33.4. The van der Waals surface area contributed by atoms with E-state index in [0.29, 0.717) is 168 Å². The highest BCUT2D eigenvalue weighted by atomic mass is 16.2. The molecule has 1 aliphatic heterocycles. The summed E-state index contributed by atoms with van der Waals surface area (Å²) < 4.78 is 0. The first-order valence-electron chi connectivity index (χ1n) is 50.9. The van der Waals surface area contributed by atoms with Crippen molar-refractivity contribution in [1.29, 1.82) is 0 Å². The molecule has 28 nitrogen and oxygen atoms in total. The lowest BCUT2D eigenvalue weighted by Gasteiger charge is -2.23. The van der Waals surface area contributed by atoms with Crippen molar-refractivity contribution in [2.75, 3.05) is 72.0 Å². The number of hydrogen-bond donors (Lipinski definition) is 17. The van der Waals surface area contributed by atoms with Crippen molar-refractivity contribution in [3.63, 3.8) is 0 Å². The number of amides is 11. The molecule has 1 heterocycles. The minimum Gasteiger partial charge on any atom is -0.354 e. The molecule has 124 heavy (non-hydrogen) atoms. The molecular formula is C96H187N17O11. The monoisotopic (exact) mass is 1750 g/mol. The van der Waals surface area contributed by atoms with Gasteiger partial charge in [-0.15, -0.1) is 0 Å². The van der Waals surface area contributed by atoms with Crippen LogP contribution in [0, 0.1) is 0 Å². The second-order valence-corrected chi connectivity index (χ2v) is 35.5. The summed E-state index contributed by atoms with van der Waals surface area (Å²) in [4.78, 5) is 146. The first-order chi connectivity index (χ1) is 60.5. The normalized spacial score (nSPS) is 23.1. The van der Waals surface area contributed by atoms with E-state index in [1.807, 2.05) is 0 Å². The van der Waals surface area contributed by atoms with Crippen LogP contribution in [0.1, 0.15) is 437 Å². The zero-order valence-corrected chi connectivity index (χ0v) is 78.3. The van der Waals surface area contributed by atoms with Gasteiger partial charge >= 0.3 is 0 Å². The molecule has 28 heteroatoms. The van der Waals surface area contributed by atoms with Crippen LogP contribution < -0.4 is 92.9 Å². The number of carbonyl (C=O) groups excluding carboxylic acids is 11. The summed E-state index contributed by atoms with van der Waals surface area (Å²) in [5.41, 5.74) is 34.7. The molecule has 1 fully saturated rings. The van der Waals surface area contributed by atoms with E-state index >= 15 is 0 Å². The van der Waals surface area contributed by atoms with E-state index in [2.05, 4.69) is 58.5 Å². The molecule has 0 aliphatic carbocycles. The smallest absolute Gasteiger partial charge is 0.243 e. The molecule has 0 aromatic heterocycles. The number of carbonyl (C=O) groups is 11. The number of rotatable bonds is 24. The van der Waals surface area contributed by atoms with Gasteiger partial charge in [-0.3, -0.25) is 52.7 Å². The summed E-state index contributed by atoms with van der Waals surface area (Å²) >= 11 is 0. The summed E-state index contributed by atoms with van der Waals surface area (Å²) in [6.07, 6.45) is 58.7. The van der Waals surface area contributed by atoms with Gasteiger partial charge in [-0.1, -0.05) is 225 Å². The first-order valence-corrected chi connectivity index (χ1v) is 50.9. The lowest BCUT2D eigenvalue weighted by atomic mass is 10.0. The molecule has 0 radical (unpaired) electrons. The van der Waals surface area contributed by atoms with Crippen LogP contribution in [0.25, 0.3) is 0 Å². The molecular weight excluding hydrogens is 1570 g/mol. The van der Waals surface area contributed by atoms with Crippen LogP contribution in [-0.4, -0.2) is 173 Å². The van der Waals surface area contributed by atoms with Crippen LogP contribution in [-0.2, 0) is 52.7 Å². The summed E-state index contributed by atoms with van der Waals surface area (Å²) in [6.45, 7) is 5.85. The van der Waals surface area contributed by atoms with Crippen molar-refractivity contribution in [2.24, 2.45) is 34.4 Å². The fraction of sp³-hybridized carbons (Fsp3) is 0.885. The molecule has 722 valence electrons. The van der Waals surface area contributed by atoms with Gasteiger partial charge in [0.25, 0.3) is 0 Å². The van der Waals surface area contributed by atoms with Gasteiger partial charge in [0.05, 0.1) is 0 Å². The van der Waals surface area contributed by atoms with Crippen molar-refractivity contribution in [3.05, 3.63) is 0 Å². The largest absolute Gasteiger partial charge is 0.354 e. The molecule has 11 amide bonds. The quantitative estimate of drug-likeness (QED) is 0.0399. The van der Waals surface area contributed by atoms with Gasteiger partial charge in [0, 0.05) is 64.8 Å². The average molecular weight is 1760 g/mol. The van der Waals surface area contributed by atoms with Crippen molar-refractivity contribution in [2.45, 2.75) is 473 Å². The van der Waals surface area contributed by atoms with E-state index < -0.39 is 36.3 Å². The van der Waals surface area contributed by atoms with E-state index in [0.717, 1.165) is 340 Å². The van der Waals surface area contributed by atoms with Crippen LogP contribution in [0.15, 0.2) is 0 Å². The molecule has 0 aromatic carbocycles. The van der Waals surface area contributed by atoms with Crippen molar-refractivity contribution < 1.29 is 52.7 Å². The second-order valence-electron chi connectivity index (χ2n) is 35.5. The molecule has 0 spiro atoms. The van der Waals surface area contributed by atoms with E-state index in [1.165, 1.54) is 0 Å². The van der Waals surface area contributed by atoms with Crippen LogP contribution in [0.5, 0.6) is 0 Å². The van der Waals surface area contributed by atoms with Crippen LogP contribution >= 0.6 is 0 Å². The van der Waals surface area contributed by atoms with Crippen molar-refractivity contribution in [1.82, 2.24) is 58.5 Å². The first kappa shape index (κ1) is 116. The molecule has 0 saturated carbocycles. The highest BCUT2D eigenvalue weighted by molar-refractivity contribution is 5.93. The Bertz CT molecular complexity index is 2650. The maximum atomic E-state index is 13.8.